The number of para-hydroxylation sites is 1. The Balaban J connectivity index is 2.41. The summed E-state index contributed by atoms with van der Waals surface area (Å²) in [4.78, 5) is 53.8. The van der Waals surface area contributed by atoms with Gasteiger partial charge in [0, 0.05) is 11.3 Å². The van der Waals surface area contributed by atoms with Crippen molar-refractivity contribution in [1.82, 2.24) is 0 Å². The maximum absolute atomic E-state index is 13.6. The zero-order valence-electron chi connectivity index (χ0n) is 20.0. The number of allylic oxidation sites excluding steroid dienone is 1. The van der Waals surface area contributed by atoms with Gasteiger partial charge in [0.2, 0.25) is 0 Å². The first-order valence-corrected chi connectivity index (χ1v) is 10.7. The lowest BCUT2D eigenvalue weighted by atomic mass is 9.66. The summed E-state index contributed by atoms with van der Waals surface area (Å²) in [5.41, 5.74) is 3.52. The van der Waals surface area contributed by atoms with Crippen LogP contribution in [0.5, 0.6) is 0 Å². The van der Waals surface area contributed by atoms with Crippen molar-refractivity contribution in [2.45, 2.75) is 45.6 Å². The number of carbonyl (C=O) groups is 4. The van der Waals surface area contributed by atoms with Crippen molar-refractivity contribution in [3.8, 4) is 0 Å². The van der Waals surface area contributed by atoms with Crippen molar-refractivity contribution < 1.29 is 38.1 Å². The van der Waals surface area contributed by atoms with E-state index in [4.69, 9.17) is 24.7 Å². The van der Waals surface area contributed by atoms with Crippen LogP contribution in [0.4, 0.5) is 5.69 Å². The minimum atomic E-state index is -2.05. The molecule has 1 aromatic rings. The van der Waals surface area contributed by atoms with Crippen LogP contribution in [0.3, 0.4) is 0 Å². The van der Waals surface area contributed by atoms with E-state index in [0.717, 1.165) is 0 Å². The molecular weight excluding hydrogens is 444 g/mol. The Morgan fingerprint density at radius 3 is 2.35 bits per heavy atom. The Bertz CT molecular complexity index is 1130. The van der Waals surface area contributed by atoms with Crippen molar-refractivity contribution in [1.29, 1.82) is 0 Å². The van der Waals surface area contributed by atoms with Gasteiger partial charge < -0.3 is 29.6 Å². The normalized spacial score (nSPS) is 19.7. The fourth-order valence-corrected chi connectivity index (χ4v) is 4.17. The van der Waals surface area contributed by atoms with Gasteiger partial charge in [-0.3, -0.25) is 4.79 Å². The fraction of sp³-hybridized carbons (Fsp3) is 0.417. The number of fused-ring (bicyclic) bond motifs is 2. The second-order valence-corrected chi connectivity index (χ2v) is 8.73. The molecule has 3 rings (SSSR count). The SMILES string of the molecule is CCOC(=O)C1=C(N)N(CC(=O)OC)c2ccccc2[C@@]12C(=O)OC(C)=C2C(=O)OC(C)(C)C. The minimum Gasteiger partial charge on any atom is -0.468 e. The summed E-state index contributed by atoms with van der Waals surface area (Å²) in [6, 6.07) is 6.48. The molecule has 10 nitrogen and oxygen atoms in total. The molecule has 1 atom stereocenters. The van der Waals surface area contributed by atoms with Crippen molar-refractivity contribution in [2.75, 3.05) is 25.2 Å². The van der Waals surface area contributed by atoms with Gasteiger partial charge in [-0.15, -0.1) is 0 Å². The minimum absolute atomic E-state index is 0.0231. The van der Waals surface area contributed by atoms with E-state index in [2.05, 4.69) is 0 Å². The lowest BCUT2D eigenvalue weighted by Gasteiger charge is -2.41. The fourth-order valence-electron chi connectivity index (χ4n) is 4.17. The number of nitrogens with two attached hydrogens (primary N) is 1. The monoisotopic (exact) mass is 472 g/mol. The van der Waals surface area contributed by atoms with Crippen LogP contribution in [0.1, 0.15) is 40.2 Å². The third-order valence-corrected chi connectivity index (χ3v) is 5.40. The van der Waals surface area contributed by atoms with Crippen LogP contribution in [0, 0.1) is 0 Å². The summed E-state index contributed by atoms with van der Waals surface area (Å²) >= 11 is 0. The summed E-state index contributed by atoms with van der Waals surface area (Å²) in [6.07, 6.45) is 0. The highest BCUT2D eigenvalue weighted by molar-refractivity contribution is 6.16. The molecule has 0 amide bonds. The summed E-state index contributed by atoms with van der Waals surface area (Å²) in [5.74, 6) is -3.58. The number of hydrogen-bond acceptors (Lipinski definition) is 10. The highest BCUT2D eigenvalue weighted by atomic mass is 16.6. The molecule has 2 aliphatic heterocycles. The van der Waals surface area contributed by atoms with Crippen molar-refractivity contribution in [3.63, 3.8) is 0 Å². The van der Waals surface area contributed by atoms with E-state index in [-0.39, 0.29) is 41.4 Å². The summed E-state index contributed by atoms with van der Waals surface area (Å²) in [6.45, 7) is 7.68. The van der Waals surface area contributed by atoms with Gasteiger partial charge in [-0.25, -0.2) is 14.4 Å². The highest BCUT2D eigenvalue weighted by Crippen LogP contribution is 2.54. The number of cyclic esters (lactones) is 1. The van der Waals surface area contributed by atoms with E-state index in [1.807, 2.05) is 0 Å². The molecule has 1 spiro atoms. The number of carbonyl (C=O) groups excluding carboxylic acids is 4. The predicted molar refractivity (Wildman–Crippen MR) is 120 cm³/mol. The maximum atomic E-state index is 13.6. The standard InChI is InChI=1S/C24H28N2O8/c1-7-32-20(28)18-19(25)26(12-16(27)31-6)15-11-9-8-10-14(15)24(18)17(13(2)33-22(24)30)21(29)34-23(3,4)5/h8-11H,7,12,25H2,1-6H3/t24-/m0/s1. The number of ether oxygens (including phenoxy) is 4. The maximum Gasteiger partial charge on any atom is 0.339 e. The number of rotatable bonds is 5. The molecule has 0 saturated carbocycles. The Morgan fingerprint density at radius 1 is 1.12 bits per heavy atom. The Kier molecular flexibility index (Phi) is 6.46. The van der Waals surface area contributed by atoms with Gasteiger partial charge >= 0.3 is 23.9 Å². The van der Waals surface area contributed by atoms with Crippen LogP contribution in [-0.4, -0.2) is 49.7 Å². The molecule has 182 valence electrons. The second kappa shape index (κ2) is 8.85. The molecule has 34 heavy (non-hydrogen) atoms. The Morgan fingerprint density at radius 2 is 1.76 bits per heavy atom. The zero-order chi connectivity index (χ0) is 25.4. The van der Waals surface area contributed by atoms with E-state index < -0.39 is 34.9 Å². The molecule has 0 saturated heterocycles. The van der Waals surface area contributed by atoms with E-state index in [0.29, 0.717) is 5.69 Å². The second-order valence-electron chi connectivity index (χ2n) is 8.73. The summed E-state index contributed by atoms with van der Waals surface area (Å²) < 4.78 is 21.0. The lowest BCUT2D eigenvalue weighted by molar-refractivity contribution is -0.152. The van der Waals surface area contributed by atoms with Crippen LogP contribution >= 0.6 is 0 Å². The molecule has 0 unspecified atom stereocenters. The molecule has 0 fully saturated rings. The molecule has 2 N–H and O–H groups in total. The molecule has 2 heterocycles. The first-order chi connectivity index (χ1) is 15.9. The first-order valence-electron chi connectivity index (χ1n) is 10.7. The number of methoxy groups -OCH3 is 1. The lowest BCUT2D eigenvalue weighted by Crippen LogP contribution is -2.52. The van der Waals surface area contributed by atoms with E-state index in [1.54, 1.807) is 52.0 Å². The third kappa shape index (κ3) is 3.89. The van der Waals surface area contributed by atoms with Crippen LogP contribution in [0.25, 0.3) is 0 Å². The molecule has 10 heteroatoms. The predicted octanol–water partition coefficient (Wildman–Crippen LogP) is 1.82. The molecule has 0 aromatic heterocycles. The average Bonchev–Trinajstić information content (AvgIpc) is 3.00. The summed E-state index contributed by atoms with van der Waals surface area (Å²) in [5, 5.41) is 0. The van der Waals surface area contributed by atoms with Crippen LogP contribution in [-0.2, 0) is 43.5 Å². The average molecular weight is 472 g/mol. The molecule has 0 radical (unpaired) electrons. The Labute approximate surface area is 197 Å². The Hall–Kier alpha value is -3.82. The first kappa shape index (κ1) is 24.8. The van der Waals surface area contributed by atoms with Crippen LogP contribution < -0.4 is 10.6 Å². The van der Waals surface area contributed by atoms with Gasteiger partial charge in [-0.1, -0.05) is 18.2 Å². The van der Waals surface area contributed by atoms with Gasteiger partial charge in [-0.05, 0) is 40.7 Å². The molecule has 0 bridgehead atoms. The third-order valence-electron chi connectivity index (χ3n) is 5.40. The summed E-state index contributed by atoms with van der Waals surface area (Å²) in [7, 11) is 1.22. The number of nitrogens with zero attached hydrogens (tertiary/aromatic N) is 1. The smallest absolute Gasteiger partial charge is 0.339 e. The van der Waals surface area contributed by atoms with Gasteiger partial charge in [0.05, 0.1) is 13.7 Å². The number of anilines is 1. The molecule has 0 aliphatic carbocycles. The quantitative estimate of drug-likeness (QED) is 0.499. The van der Waals surface area contributed by atoms with Gasteiger partial charge in [0.1, 0.15) is 34.9 Å². The number of esters is 4. The zero-order valence-corrected chi connectivity index (χ0v) is 20.0. The number of benzene rings is 1. The van der Waals surface area contributed by atoms with Crippen molar-refractivity contribution in [2.24, 2.45) is 5.73 Å². The number of hydrogen-bond donors (Lipinski definition) is 1. The molecular formula is C24H28N2O8. The van der Waals surface area contributed by atoms with E-state index >= 15 is 0 Å². The van der Waals surface area contributed by atoms with Gasteiger partial charge in [0.15, 0.2) is 5.41 Å². The molecule has 2 aliphatic rings. The highest BCUT2D eigenvalue weighted by Gasteiger charge is 2.63. The van der Waals surface area contributed by atoms with Crippen molar-refractivity contribution >= 4 is 29.6 Å². The topological polar surface area (TPSA) is 134 Å². The van der Waals surface area contributed by atoms with E-state index in [1.165, 1.54) is 18.9 Å². The van der Waals surface area contributed by atoms with E-state index in [9.17, 15) is 19.2 Å². The largest absolute Gasteiger partial charge is 0.468 e. The molecule has 1 aromatic carbocycles. The van der Waals surface area contributed by atoms with Gasteiger partial charge in [0.25, 0.3) is 0 Å². The van der Waals surface area contributed by atoms with Crippen molar-refractivity contribution in [3.05, 3.63) is 52.6 Å². The van der Waals surface area contributed by atoms with Crippen LogP contribution in [0.15, 0.2) is 47.0 Å². The van der Waals surface area contributed by atoms with Crippen LogP contribution in [0.2, 0.25) is 0 Å². The van der Waals surface area contributed by atoms with Gasteiger partial charge in [-0.2, -0.15) is 0 Å².